The fraction of sp³-hybridized carbons (Fsp3) is 0.188. The Morgan fingerprint density at radius 3 is 2.32 bits per heavy atom. The molecule has 0 aliphatic carbocycles. The van der Waals surface area contributed by atoms with Gasteiger partial charge in [0.25, 0.3) is 5.91 Å². The van der Waals surface area contributed by atoms with Gasteiger partial charge in [-0.25, -0.2) is 13.6 Å². The van der Waals surface area contributed by atoms with Gasteiger partial charge in [-0.1, -0.05) is 35.3 Å². The monoisotopic (exact) mass is 402 g/mol. The Morgan fingerprint density at radius 2 is 1.80 bits per heavy atom. The van der Waals surface area contributed by atoms with Crippen LogP contribution in [0.5, 0.6) is 5.75 Å². The van der Waals surface area contributed by atoms with Crippen LogP contribution in [-0.4, -0.2) is 21.4 Å². The van der Waals surface area contributed by atoms with E-state index in [-0.39, 0.29) is 26.3 Å². The second kappa shape index (κ2) is 7.61. The second-order valence-corrected chi connectivity index (χ2v) is 7.66. The third-order valence-electron chi connectivity index (χ3n) is 3.50. The van der Waals surface area contributed by atoms with Gasteiger partial charge in [0.05, 0.1) is 28.1 Å². The minimum absolute atomic E-state index is 0.0263. The highest BCUT2D eigenvalue weighted by Gasteiger charge is 2.17. The lowest BCUT2D eigenvalue weighted by atomic mass is 10.1. The topological polar surface area (TPSA) is 98.5 Å². The Bertz CT molecular complexity index is 893. The molecule has 0 aliphatic heterocycles. The molecule has 9 heteroatoms. The van der Waals surface area contributed by atoms with Crippen molar-refractivity contribution >= 4 is 39.1 Å². The fourth-order valence-corrected chi connectivity index (χ4v) is 3.42. The first-order valence-electron chi connectivity index (χ1n) is 7.10. The van der Waals surface area contributed by atoms with Crippen molar-refractivity contribution in [1.29, 1.82) is 0 Å². The number of methoxy groups -OCH3 is 1. The lowest BCUT2D eigenvalue weighted by Gasteiger charge is -2.16. The average molecular weight is 403 g/mol. The number of carbonyl (C=O) groups excluding carboxylic acids is 1. The Labute approximate surface area is 155 Å². The molecule has 1 unspecified atom stereocenters. The van der Waals surface area contributed by atoms with Crippen LogP contribution in [0.3, 0.4) is 0 Å². The van der Waals surface area contributed by atoms with E-state index in [1.165, 1.54) is 31.4 Å². The van der Waals surface area contributed by atoms with Crippen molar-refractivity contribution in [3.63, 3.8) is 0 Å². The normalized spacial score (nSPS) is 12.5. The highest BCUT2D eigenvalue weighted by molar-refractivity contribution is 7.89. The minimum atomic E-state index is -3.82. The van der Waals surface area contributed by atoms with Crippen LogP contribution in [0, 0.1) is 0 Å². The number of hydrogen-bond acceptors (Lipinski definition) is 4. The molecule has 2 aromatic carbocycles. The number of rotatable bonds is 5. The molecule has 1 amide bonds. The van der Waals surface area contributed by atoms with E-state index in [2.05, 4.69) is 5.32 Å². The number of halogens is 2. The molecular formula is C16H16Cl2N2O4S. The van der Waals surface area contributed by atoms with Crippen molar-refractivity contribution in [2.75, 3.05) is 7.11 Å². The maximum atomic E-state index is 12.4. The van der Waals surface area contributed by atoms with Gasteiger partial charge in [0, 0.05) is 5.56 Å². The molecule has 0 fully saturated rings. The molecule has 0 saturated carbocycles. The van der Waals surface area contributed by atoms with E-state index in [4.69, 9.17) is 33.1 Å². The molecule has 0 radical (unpaired) electrons. The fourth-order valence-electron chi connectivity index (χ4n) is 2.21. The van der Waals surface area contributed by atoms with Crippen LogP contribution in [0.15, 0.2) is 41.3 Å². The number of amides is 1. The van der Waals surface area contributed by atoms with Crippen molar-refractivity contribution in [1.82, 2.24) is 5.32 Å². The predicted octanol–water partition coefficient (Wildman–Crippen LogP) is 3.14. The van der Waals surface area contributed by atoms with Gasteiger partial charge in [0.2, 0.25) is 10.0 Å². The van der Waals surface area contributed by atoms with Crippen LogP contribution in [0.4, 0.5) is 0 Å². The largest absolute Gasteiger partial charge is 0.494 e. The molecule has 6 nitrogen and oxygen atoms in total. The molecule has 2 aromatic rings. The molecule has 3 N–H and O–H groups in total. The van der Waals surface area contributed by atoms with Crippen molar-refractivity contribution in [3.05, 3.63) is 57.6 Å². The van der Waals surface area contributed by atoms with E-state index in [0.717, 1.165) is 0 Å². The first kappa shape index (κ1) is 19.5. The van der Waals surface area contributed by atoms with Crippen LogP contribution in [-0.2, 0) is 10.0 Å². The number of primary sulfonamides is 1. The maximum absolute atomic E-state index is 12.4. The zero-order valence-corrected chi connectivity index (χ0v) is 15.7. The third kappa shape index (κ3) is 4.64. The molecule has 2 rings (SSSR count). The molecule has 134 valence electrons. The Balaban J connectivity index is 2.24. The number of nitrogens with one attached hydrogen (secondary N) is 1. The molecule has 25 heavy (non-hydrogen) atoms. The van der Waals surface area contributed by atoms with Gasteiger partial charge in [-0.15, -0.1) is 0 Å². The summed E-state index contributed by atoms with van der Waals surface area (Å²) in [6.45, 7) is 1.72. The van der Waals surface area contributed by atoms with Crippen LogP contribution in [0.1, 0.15) is 28.9 Å². The van der Waals surface area contributed by atoms with Gasteiger partial charge in [0.1, 0.15) is 0 Å². The molecular weight excluding hydrogens is 387 g/mol. The molecule has 1 atom stereocenters. The summed E-state index contributed by atoms with van der Waals surface area (Å²) in [5.74, 6) is -0.131. The number of hydrogen-bond donors (Lipinski definition) is 2. The van der Waals surface area contributed by atoms with Crippen LogP contribution in [0.2, 0.25) is 10.0 Å². The lowest BCUT2D eigenvalue weighted by Crippen LogP contribution is -2.27. The van der Waals surface area contributed by atoms with Crippen molar-refractivity contribution in [3.8, 4) is 5.75 Å². The van der Waals surface area contributed by atoms with E-state index in [1.807, 2.05) is 0 Å². The van der Waals surface area contributed by atoms with E-state index in [0.29, 0.717) is 5.56 Å². The van der Waals surface area contributed by atoms with Gasteiger partial charge >= 0.3 is 0 Å². The van der Waals surface area contributed by atoms with Crippen molar-refractivity contribution < 1.29 is 17.9 Å². The molecule has 0 aromatic heterocycles. The van der Waals surface area contributed by atoms with Gasteiger partial charge in [-0.2, -0.15) is 0 Å². The lowest BCUT2D eigenvalue weighted by molar-refractivity contribution is 0.0940. The summed E-state index contributed by atoms with van der Waals surface area (Å²) in [6.07, 6.45) is 0. The van der Waals surface area contributed by atoms with E-state index < -0.39 is 22.0 Å². The zero-order chi connectivity index (χ0) is 18.8. The second-order valence-electron chi connectivity index (χ2n) is 5.29. The van der Waals surface area contributed by atoms with Gasteiger partial charge < -0.3 is 10.1 Å². The highest BCUT2D eigenvalue weighted by atomic mass is 35.5. The average Bonchev–Trinajstić information content (AvgIpc) is 2.53. The van der Waals surface area contributed by atoms with E-state index in [9.17, 15) is 13.2 Å². The van der Waals surface area contributed by atoms with E-state index in [1.54, 1.807) is 19.1 Å². The van der Waals surface area contributed by atoms with Gasteiger partial charge in [-0.05, 0) is 36.8 Å². The highest BCUT2D eigenvalue weighted by Crippen LogP contribution is 2.34. The maximum Gasteiger partial charge on any atom is 0.251 e. The van der Waals surface area contributed by atoms with Crippen LogP contribution >= 0.6 is 23.2 Å². The summed E-state index contributed by atoms with van der Waals surface area (Å²) in [5.41, 5.74) is 0.843. The van der Waals surface area contributed by atoms with Crippen LogP contribution < -0.4 is 15.2 Å². The summed E-state index contributed by atoms with van der Waals surface area (Å²) in [5, 5.41) is 8.30. The van der Waals surface area contributed by atoms with Crippen LogP contribution in [0.25, 0.3) is 0 Å². The summed E-state index contributed by atoms with van der Waals surface area (Å²) in [6, 6.07) is 8.45. The molecule has 0 saturated heterocycles. The Morgan fingerprint density at radius 1 is 1.20 bits per heavy atom. The van der Waals surface area contributed by atoms with Gasteiger partial charge in [-0.3, -0.25) is 4.79 Å². The van der Waals surface area contributed by atoms with Crippen molar-refractivity contribution in [2.24, 2.45) is 5.14 Å². The zero-order valence-electron chi connectivity index (χ0n) is 13.4. The van der Waals surface area contributed by atoms with Gasteiger partial charge in [0.15, 0.2) is 5.75 Å². The SMILES string of the molecule is COc1c(Cl)cc(C(=O)NC(C)c2cccc(S(N)(=O)=O)c2)cc1Cl. The summed E-state index contributed by atoms with van der Waals surface area (Å²) in [4.78, 5) is 12.4. The minimum Gasteiger partial charge on any atom is -0.494 e. The molecule has 0 aliphatic rings. The summed E-state index contributed by atoms with van der Waals surface area (Å²) < 4.78 is 27.9. The molecule has 0 heterocycles. The third-order valence-corrected chi connectivity index (χ3v) is 4.97. The molecule has 0 spiro atoms. The summed E-state index contributed by atoms with van der Waals surface area (Å²) >= 11 is 12.1. The quantitative estimate of drug-likeness (QED) is 0.801. The number of carbonyl (C=O) groups is 1. The van der Waals surface area contributed by atoms with Crippen molar-refractivity contribution in [2.45, 2.75) is 17.9 Å². The first-order valence-corrected chi connectivity index (χ1v) is 9.40. The number of ether oxygens (including phenoxy) is 1. The summed E-state index contributed by atoms with van der Waals surface area (Å²) in [7, 11) is -2.40. The smallest absolute Gasteiger partial charge is 0.251 e. The predicted molar refractivity (Wildman–Crippen MR) is 96.7 cm³/mol. The number of benzene rings is 2. The number of nitrogens with two attached hydrogens (primary N) is 1. The number of sulfonamides is 1. The molecule has 0 bridgehead atoms. The Kier molecular flexibility index (Phi) is 5.95. The van der Waals surface area contributed by atoms with E-state index >= 15 is 0 Å². The standard InChI is InChI=1S/C16H16Cl2N2O4S/c1-9(10-4-3-5-12(6-10)25(19,22)23)20-16(21)11-7-13(17)15(24-2)14(18)8-11/h3-9H,1-2H3,(H,20,21)(H2,19,22,23). The Hall–Kier alpha value is -1.80. The first-order chi connectivity index (χ1) is 11.6.